The van der Waals surface area contributed by atoms with Gasteiger partial charge < -0.3 is 15.2 Å². The molecule has 0 aliphatic heterocycles. The zero-order valence-electron chi connectivity index (χ0n) is 11.1. The van der Waals surface area contributed by atoms with Gasteiger partial charge >= 0.3 is 0 Å². The molecule has 1 fully saturated rings. The topological polar surface area (TPSA) is 70.3 Å². The second-order valence-corrected chi connectivity index (χ2v) is 4.79. The van der Waals surface area contributed by atoms with Gasteiger partial charge in [-0.05, 0) is 38.5 Å². The lowest BCUT2D eigenvalue weighted by molar-refractivity contribution is 0.0194. The molecule has 2 rings (SSSR count). The molecule has 1 aromatic heterocycles. The molecule has 0 radical (unpaired) electrons. The van der Waals surface area contributed by atoms with E-state index in [2.05, 4.69) is 9.97 Å². The summed E-state index contributed by atoms with van der Waals surface area (Å²) < 4.78 is 24.4. The van der Waals surface area contributed by atoms with Crippen LogP contribution in [-0.4, -0.2) is 29.3 Å². The molecule has 0 saturated heterocycles. The minimum atomic E-state index is -0.572. The average molecular weight is 269 g/mol. The van der Waals surface area contributed by atoms with E-state index in [0.717, 1.165) is 38.5 Å². The maximum absolute atomic E-state index is 13.4. The Morgan fingerprint density at radius 3 is 2.79 bits per heavy atom. The maximum Gasteiger partial charge on any atom is 0.255 e. The highest BCUT2D eigenvalue weighted by atomic mass is 19.1. The normalized spacial score (nSPS) is 23.3. The highest BCUT2D eigenvalue weighted by Crippen LogP contribution is 2.27. The van der Waals surface area contributed by atoms with Crippen molar-refractivity contribution in [2.45, 2.75) is 38.7 Å². The first-order valence-corrected chi connectivity index (χ1v) is 6.71. The SMILES string of the molecule is CCOC1CCC(COc2nc(N)ncc2F)CC1. The molecular formula is C13H20FN3O2. The van der Waals surface area contributed by atoms with Gasteiger partial charge in [-0.25, -0.2) is 4.98 Å². The maximum atomic E-state index is 13.4. The number of nitrogens with two attached hydrogens (primary N) is 1. The highest BCUT2D eigenvalue weighted by molar-refractivity contribution is 5.22. The van der Waals surface area contributed by atoms with E-state index in [1.54, 1.807) is 0 Å². The Hall–Kier alpha value is -1.43. The quantitative estimate of drug-likeness (QED) is 0.887. The van der Waals surface area contributed by atoms with Crippen molar-refractivity contribution < 1.29 is 13.9 Å². The van der Waals surface area contributed by atoms with Crippen LogP contribution in [0.5, 0.6) is 5.88 Å². The summed E-state index contributed by atoms with van der Waals surface area (Å²) in [5.41, 5.74) is 5.40. The largest absolute Gasteiger partial charge is 0.475 e. The number of rotatable bonds is 5. The first kappa shape index (κ1) is 14.0. The first-order chi connectivity index (χ1) is 9.19. The fourth-order valence-electron chi connectivity index (χ4n) is 2.36. The van der Waals surface area contributed by atoms with E-state index in [0.29, 0.717) is 18.6 Å². The van der Waals surface area contributed by atoms with Gasteiger partial charge in [-0.3, -0.25) is 0 Å². The van der Waals surface area contributed by atoms with Crippen molar-refractivity contribution in [1.82, 2.24) is 9.97 Å². The van der Waals surface area contributed by atoms with E-state index >= 15 is 0 Å². The van der Waals surface area contributed by atoms with Crippen molar-refractivity contribution in [2.75, 3.05) is 18.9 Å². The van der Waals surface area contributed by atoms with Crippen LogP contribution in [0.2, 0.25) is 0 Å². The summed E-state index contributed by atoms with van der Waals surface area (Å²) in [6, 6.07) is 0. The molecule has 1 heterocycles. The van der Waals surface area contributed by atoms with Crippen LogP contribution < -0.4 is 10.5 Å². The lowest BCUT2D eigenvalue weighted by Gasteiger charge is -2.28. The average Bonchev–Trinajstić information content (AvgIpc) is 2.42. The minimum absolute atomic E-state index is 0.0245. The van der Waals surface area contributed by atoms with Crippen LogP contribution in [0.25, 0.3) is 0 Å². The van der Waals surface area contributed by atoms with Crippen LogP contribution in [0.4, 0.5) is 10.3 Å². The lowest BCUT2D eigenvalue weighted by atomic mass is 9.88. The number of hydrogen-bond acceptors (Lipinski definition) is 5. The summed E-state index contributed by atoms with van der Waals surface area (Å²) in [4.78, 5) is 7.31. The Morgan fingerprint density at radius 2 is 2.11 bits per heavy atom. The number of nitrogens with zero attached hydrogens (tertiary/aromatic N) is 2. The molecule has 1 saturated carbocycles. The molecule has 0 amide bonds. The Balaban J connectivity index is 1.79. The van der Waals surface area contributed by atoms with Crippen molar-refractivity contribution in [1.29, 1.82) is 0 Å². The van der Waals surface area contributed by atoms with Gasteiger partial charge in [0.2, 0.25) is 11.8 Å². The number of aromatic nitrogens is 2. The van der Waals surface area contributed by atoms with Gasteiger partial charge in [0.1, 0.15) is 0 Å². The molecular weight excluding hydrogens is 249 g/mol. The zero-order valence-corrected chi connectivity index (χ0v) is 11.1. The van der Waals surface area contributed by atoms with E-state index in [1.807, 2.05) is 6.92 Å². The molecule has 0 bridgehead atoms. The molecule has 1 aliphatic carbocycles. The second kappa shape index (κ2) is 6.65. The number of anilines is 1. The van der Waals surface area contributed by atoms with Gasteiger partial charge in [-0.2, -0.15) is 9.37 Å². The number of hydrogen-bond donors (Lipinski definition) is 1. The molecule has 0 unspecified atom stereocenters. The highest BCUT2D eigenvalue weighted by Gasteiger charge is 2.22. The van der Waals surface area contributed by atoms with Gasteiger partial charge in [0.05, 0.1) is 18.9 Å². The zero-order chi connectivity index (χ0) is 13.7. The summed E-state index contributed by atoms with van der Waals surface area (Å²) in [7, 11) is 0. The fourth-order valence-corrected chi connectivity index (χ4v) is 2.36. The summed E-state index contributed by atoms with van der Waals surface area (Å²) in [6.07, 6.45) is 5.54. The van der Waals surface area contributed by atoms with Crippen LogP contribution >= 0.6 is 0 Å². The monoisotopic (exact) mass is 269 g/mol. The van der Waals surface area contributed by atoms with E-state index in [9.17, 15) is 4.39 Å². The lowest BCUT2D eigenvalue weighted by Crippen LogP contribution is -2.25. The molecule has 0 atom stereocenters. The Morgan fingerprint density at radius 1 is 1.37 bits per heavy atom. The van der Waals surface area contributed by atoms with E-state index in [-0.39, 0.29) is 11.8 Å². The van der Waals surface area contributed by atoms with Crippen molar-refractivity contribution in [3.05, 3.63) is 12.0 Å². The van der Waals surface area contributed by atoms with Crippen LogP contribution in [0.15, 0.2) is 6.20 Å². The van der Waals surface area contributed by atoms with Crippen molar-refractivity contribution in [3.8, 4) is 5.88 Å². The van der Waals surface area contributed by atoms with Crippen LogP contribution in [0.3, 0.4) is 0 Å². The fraction of sp³-hybridized carbons (Fsp3) is 0.692. The Bertz CT molecular complexity index is 409. The predicted octanol–water partition coefficient (Wildman–Crippen LogP) is 2.17. The molecule has 5 nitrogen and oxygen atoms in total. The molecule has 0 aromatic carbocycles. The molecule has 1 aromatic rings. The number of halogens is 1. The van der Waals surface area contributed by atoms with Gasteiger partial charge in [0, 0.05) is 6.61 Å². The molecule has 2 N–H and O–H groups in total. The predicted molar refractivity (Wildman–Crippen MR) is 69.3 cm³/mol. The third kappa shape index (κ3) is 4.02. The molecule has 6 heteroatoms. The van der Waals surface area contributed by atoms with Crippen molar-refractivity contribution in [2.24, 2.45) is 5.92 Å². The minimum Gasteiger partial charge on any atom is -0.475 e. The van der Waals surface area contributed by atoms with Crippen LogP contribution in [-0.2, 0) is 4.74 Å². The molecule has 1 aliphatic rings. The van der Waals surface area contributed by atoms with Crippen molar-refractivity contribution in [3.63, 3.8) is 0 Å². The van der Waals surface area contributed by atoms with Gasteiger partial charge in [-0.15, -0.1) is 0 Å². The van der Waals surface area contributed by atoms with Gasteiger partial charge in [0.15, 0.2) is 0 Å². The number of nitrogen functional groups attached to an aromatic ring is 1. The summed E-state index contributed by atoms with van der Waals surface area (Å²) in [5.74, 6) is -0.180. The van der Waals surface area contributed by atoms with Crippen LogP contribution in [0, 0.1) is 11.7 Å². The molecule has 106 valence electrons. The van der Waals surface area contributed by atoms with Crippen LogP contribution in [0.1, 0.15) is 32.6 Å². The van der Waals surface area contributed by atoms with E-state index < -0.39 is 5.82 Å². The summed E-state index contributed by atoms with van der Waals surface area (Å²) in [6.45, 7) is 3.24. The third-order valence-corrected chi connectivity index (χ3v) is 3.38. The summed E-state index contributed by atoms with van der Waals surface area (Å²) >= 11 is 0. The molecule has 0 spiro atoms. The van der Waals surface area contributed by atoms with E-state index in [1.165, 1.54) is 0 Å². The number of ether oxygens (including phenoxy) is 2. The van der Waals surface area contributed by atoms with Crippen molar-refractivity contribution >= 4 is 5.95 Å². The smallest absolute Gasteiger partial charge is 0.255 e. The summed E-state index contributed by atoms with van der Waals surface area (Å²) in [5, 5.41) is 0. The van der Waals surface area contributed by atoms with Gasteiger partial charge in [-0.1, -0.05) is 0 Å². The third-order valence-electron chi connectivity index (χ3n) is 3.38. The standard InChI is InChI=1S/C13H20FN3O2/c1-2-18-10-5-3-9(4-6-10)8-19-12-11(14)7-16-13(15)17-12/h7,9-10H,2-6,8H2,1H3,(H2,15,16,17). The second-order valence-electron chi connectivity index (χ2n) is 4.79. The van der Waals surface area contributed by atoms with Gasteiger partial charge in [0.25, 0.3) is 5.88 Å². The Labute approximate surface area is 112 Å². The Kier molecular flexibility index (Phi) is 4.90. The first-order valence-electron chi connectivity index (χ1n) is 6.71. The van der Waals surface area contributed by atoms with E-state index in [4.69, 9.17) is 15.2 Å². The molecule has 19 heavy (non-hydrogen) atoms.